The van der Waals surface area contributed by atoms with Crippen LogP contribution in [0.3, 0.4) is 0 Å². The predicted octanol–water partition coefficient (Wildman–Crippen LogP) is 2.71. The van der Waals surface area contributed by atoms with Gasteiger partial charge in [0, 0.05) is 19.2 Å². The van der Waals surface area contributed by atoms with Gasteiger partial charge in [0.2, 0.25) is 0 Å². The van der Waals surface area contributed by atoms with E-state index in [1.54, 1.807) is 45.2 Å². The van der Waals surface area contributed by atoms with Crippen molar-refractivity contribution in [3.05, 3.63) is 46.8 Å². The second-order valence-electron chi connectivity index (χ2n) is 6.59. The van der Waals surface area contributed by atoms with E-state index in [0.29, 0.717) is 17.9 Å². The number of amides is 1. The van der Waals surface area contributed by atoms with E-state index in [2.05, 4.69) is 5.16 Å². The second kappa shape index (κ2) is 7.05. The Balaban J connectivity index is 1.99. The molecule has 1 amide bonds. The average Bonchev–Trinajstić information content (AvgIpc) is 2.82. The summed E-state index contributed by atoms with van der Waals surface area (Å²) in [5, 5.41) is 13.7. The minimum atomic E-state index is -0.929. The van der Waals surface area contributed by atoms with Crippen LogP contribution < -0.4 is 4.74 Å². The largest absolute Gasteiger partial charge is 0.489 e. The number of likely N-dealkylation sites (N-methyl/N-ethyl adjacent to an activating group) is 1. The first-order valence-electron chi connectivity index (χ1n) is 7.80. The Morgan fingerprint density at radius 2 is 1.92 bits per heavy atom. The minimum Gasteiger partial charge on any atom is -0.489 e. The predicted molar refractivity (Wildman–Crippen MR) is 90.0 cm³/mol. The number of aliphatic hydroxyl groups is 1. The van der Waals surface area contributed by atoms with Crippen LogP contribution in [0.1, 0.15) is 41.2 Å². The van der Waals surface area contributed by atoms with Crippen molar-refractivity contribution in [2.24, 2.45) is 0 Å². The molecular formula is C18H24N2O4. The number of ether oxygens (including phenoxy) is 1. The number of aromatic nitrogens is 1. The van der Waals surface area contributed by atoms with Crippen molar-refractivity contribution in [3.8, 4) is 5.75 Å². The van der Waals surface area contributed by atoms with E-state index in [-0.39, 0.29) is 12.5 Å². The maximum Gasteiger partial charge on any atom is 0.253 e. The number of benzene rings is 1. The molecule has 0 atom stereocenters. The molecule has 0 saturated carbocycles. The summed E-state index contributed by atoms with van der Waals surface area (Å²) in [5.74, 6) is 1.26. The van der Waals surface area contributed by atoms with Gasteiger partial charge in [-0.3, -0.25) is 4.79 Å². The molecule has 0 radical (unpaired) electrons. The number of carbonyl (C=O) groups excluding carboxylic acids is 1. The monoisotopic (exact) mass is 332 g/mol. The molecule has 24 heavy (non-hydrogen) atoms. The van der Waals surface area contributed by atoms with E-state index in [1.807, 2.05) is 13.8 Å². The van der Waals surface area contributed by atoms with Crippen molar-refractivity contribution in [1.29, 1.82) is 0 Å². The lowest BCUT2D eigenvalue weighted by Gasteiger charge is -2.25. The van der Waals surface area contributed by atoms with Crippen molar-refractivity contribution in [2.45, 2.75) is 39.9 Å². The molecule has 0 bridgehead atoms. The standard InChI is InChI=1S/C18H24N2O4/c1-12-16(13(2)24-19-12)10-23-15-8-6-14(7-9-15)17(21)20(5)11-18(3,4)22/h6-9,22H,10-11H2,1-5H3. The highest BCUT2D eigenvalue weighted by molar-refractivity contribution is 5.94. The first kappa shape index (κ1) is 18.0. The van der Waals surface area contributed by atoms with Crippen LogP contribution in [0, 0.1) is 13.8 Å². The van der Waals surface area contributed by atoms with Gasteiger partial charge in [0.05, 0.1) is 16.9 Å². The van der Waals surface area contributed by atoms with Crippen LogP contribution in [0.4, 0.5) is 0 Å². The van der Waals surface area contributed by atoms with Gasteiger partial charge in [-0.25, -0.2) is 0 Å². The zero-order valence-corrected chi connectivity index (χ0v) is 14.8. The van der Waals surface area contributed by atoms with E-state index in [1.165, 1.54) is 4.90 Å². The lowest BCUT2D eigenvalue weighted by Crippen LogP contribution is -2.39. The molecule has 1 heterocycles. The Morgan fingerprint density at radius 1 is 1.29 bits per heavy atom. The molecule has 1 aromatic carbocycles. The quantitative estimate of drug-likeness (QED) is 0.880. The number of hydrogen-bond donors (Lipinski definition) is 1. The molecule has 130 valence electrons. The van der Waals surface area contributed by atoms with Crippen molar-refractivity contribution < 1.29 is 19.2 Å². The fraction of sp³-hybridized carbons (Fsp3) is 0.444. The SMILES string of the molecule is Cc1noc(C)c1COc1ccc(C(=O)N(C)CC(C)(C)O)cc1. The van der Waals surface area contributed by atoms with Crippen LogP contribution in [0.5, 0.6) is 5.75 Å². The number of rotatable bonds is 6. The number of nitrogens with zero attached hydrogens (tertiary/aromatic N) is 2. The van der Waals surface area contributed by atoms with Gasteiger partial charge in [-0.2, -0.15) is 0 Å². The van der Waals surface area contributed by atoms with Crippen LogP contribution in [0.25, 0.3) is 0 Å². The maximum atomic E-state index is 12.3. The molecule has 6 heteroatoms. The van der Waals surface area contributed by atoms with Crippen LogP contribution >= 0.6 is 0 Å². The summed E-state index contributed by atoms with van der Waals surface area (Å²) >= 11 is 0. The van der Waals surface area contributed by atoms with Crippen LogP contribution in [-0.4, -0.2) is 40.3 Å². The topological polar surface area (TPSA) is 75.8 Å². The lowest BCUT2D eigenvalue weighted by atomic mass is 10.1. The molecule has 0 spiro atoms. The lowest BCUT2D eigenvalue weighted by molar-refractivity contribution is 0.0368. The van der Waals surface area contributed by atoms with Crippen LogP contribution in [0.2, 0.25) is 0 Å². The Hall–Kier alpha value is -2.34. The van der Waals surface area contributed by atoms with Crippen molar-refractivity contribution in [3.63, 3.8) is 0 Å². The highest BCUT2D eigenvalue weighted by atomic mass is 16.5. The Kier molecular flexibility index (Phi) is 5.29. The number of hydrogen-bond acceptors (Lipinski definition) is 5. The Bertz CT molecular complexity index is 679. The summed E-state index contributed by atoms with van der Waals surface area (Å²) in [5.41, 5.74) is 1.36. The van der Waals surface area contributed by atoms with Gasteiger partial charge in [0.1, 0.15) is 18.1 Å². The van der Waals surface area contributed by atoms with Gasteiger partial charge in [0.25, 0.3) is 5.91 Å². The average molecular weight is 332 g/mol. The Morgan fingerprint density at radius 3 is 2.42 bits per heavy atom. The summed E-state index contributed by atoms with van der Waals surface area (Å²) < 4.78 is 10.8. The normalized spacial score (nSPS) is 11.4. The van der Waals surface area contributed by atoms with Crippen LogP contribution in [0.15, 0.2) is 28.8 Å². The third-order valence-electron chi connectivity index (χ3n) is 3.64. The zero-order chi connectivity index (χ0) is 17.9. The summed E-state index contributed by atoms with van der Waals surface area (Å²) in [6, 6.07) is 6.93. The summed E-state index contributed by atoms with van der Waals surface area (Å²) in [7, 11) is 1.67. The van der Waals surface area contributed by atoms with Gasteiger partial charge < -0.3 is 19.3 Å². The molecule has 0 unspecified atom stereocenters. The second-order valence-corrected chi connectivity index (χ2v) is 6.59. The molecule has 0 saturated heterocycles. The molecule has 0 aliphatic heterocycles. The molecule has 2 aromatic rings. The van der Waals surface area contributed by atoms with E-state index >= 15 is 0 Å². The highest BCUT2D eigenvalue weighted by Crippen LogP contribution is 2.18. The highest BCUT2D eigenvalue weighted by Gasteiger charge is 2.20. The smallest absolute Gasteiger partial charge is 0.253 e. The Labute approximate surface area is 142 Å². The number of carbonyl (C=O) groups is 1. The maximum absolute atomic E-state index is 12.3. The van der Waals surface area contributed by atoms with Gasteiger partial charge in [-0.1, -0.05) is 5.16 Å². The summed E-state index contributed by atoms with van der Waals surface area (Å²) in [6.45, 7) is 7.68. The van der Waals surface area contributed by atoms with Gasteiger partial charge in [0.15, 0.2) is 0 Å². The minimum absolute atomic E-state index is 0.144. The molecular weight excluding hydrogens is 308 g/mol. The number of aryl methyl sites for hydroxylation is 2. The molecule has 2 rings (SSSR count). The summed E-state index contributed by atoms with van der Waals surface area (Å²) in [6.07, 6.45) is 0. The zero-order valence-electron chi connectivity index (χ0n) is 14.8. The molecule has 0 aliphatic rings. The van der Waals surface area contributed by atoms with E-state index in [9.17, 15) is 9.90 Å². The van der Waals surface area contributed by atoms with E-state index in [4.69, 9.17) is 9.26 Å². The molecule has 6 nitrogen and oxygen atoms in total. The fourth-order valence-electron chi connectivity index (χ4n) is 2.43. The van der Waals surface area contributed by atoms with Gasteiger partial charge >= 0.3 is 0 Å². The van der Waals surface area contributed by atoms with Crippen LogP contribution in [-0.2, 0) is 6.61 Å². The van der Waals surface area contributed by atoms with Crippen molar-refractivity contribution in [2.75, 3.05) is 13.6 Å². The molecule has 0 fully saturated rings. The third-order valence-corrected chi connectivity index (χ3v) is 3.64. The third kappa shape index (κ3) is 4.58. The first-order valence-corrected chi connectivity index (χ1v) is 7.80. The fourth-order valence-corrected chi connectivity index (χ4v) is 2.43. The van der Waals surface area contributed by atoms with Crippen molar-refractivity contribution in [1.82, 2.24) is 10.1 Å². The molecule has 0 aliphatic carbocycles. The molecule has 1 N–H and O–H groups in total. The van der Waals surface area contributed by atoms with Gasteiger partial charge in [-0.15, -0.1) is 0 Å². The molecule has 1 aromatic heterocycles. The van der Waals surface area contributed by atoms with E-state index in [0.717, 1.165) is 17.0 Å². The first-order chi connectivity index (χ1) is 11.2. The van der Waals surface area contributed by atoms with Crippen molar-refractivity contribution >= 4 is 5.91 Å². The summed E-state index contributed by atoms with van der Waals surface area (Å²) in [4.78, 5) is 13.8. The van der Waals surface area contributed by atoms with E-state index < -0.39 is 5.60 Å². The van der Waals surface area contributed by atoms with Gasteiger partial charge in [-0.05, 0) is 52.0 Å².